The van der Waals surface area contributed by atoms with Crippen molar-refractivity contribution in [2.75, 3.05) is 6.61 Å². The van der Waals surface area contributed by atoms with Crippen molar-refractivity contribution in [2.24, 2.45) is 5.10 Å². The Bertz CT molecular complexity index is 670. The monoisotopic (exact) mass is 380 g/mol. The summed E-state index contributed by atoms with van der Waals surface area (Å²) in [6.45, 7) is 1.71. The summed E-state index contributed by atoms with van der Waals surface area (Å²) in [6, 6.07) is 14.5. The maximum atomic E-state index is 11.7. The Morgan fingerprint density at radius 1 is 1.18 bits per heavy atom. The van der Waals surface area contributed by atoms with Gasteiger partial charge in [-0.25, -0.2) is 5.43 Å². The average molecular weight is 382 g/mol. The smallest absolute Gasteiger partial charge is 0.277 e. The van der Waals surface area contributed by atoms with E-state index in [1.165, 1.54) is 0 Å². The van der Waals surface area contributed by atoms with Crippen LogP contribution in [0.5, 0.6) is 5.75 Å². The third-order valence-corrected chi connectivity index (χ3v) is 3.57. The van der Waals surface area contributed by atoms with Crippen LogP contribution in [-0.2, 0) is 4.79 Å². The summed E-state index contributed by atoms with van der Waals surface area (Å²) < 4.78 is 6.31. The third kappa shape index (κ3) is 5.16. The molecular weight excluding hydrogens is 368 g/mol. The van der Waals surface area contributed by atoms with Crippen LogP contribution >= 0.6 is 27.5 Å². The number of nitrogens with one attached hydrogen (secondary N) is 1. The topological polar surface area (TPSA) is 50.7 Å². The van der Waals surface area contributed by atoms with E-state index in [1.54, 1.807) is 31.2 Å². The number of hydrogen-bond acceptors (Lipinski definition) is 3. The summed E-state index contributed by atoms with van der Waals surface area (Å²) in [6.07, 6.45) is 0. The summed E-state index contributed by atoms with van der Waals surface area (Å²) in [7, 11) is 0. The van der Waals surface area contributed by atoms with E-state index in [4.69, 9.17) is 16.3 Å². The van der Waals surface area contributed by atoms with E-state index >= 15 is 0 Å². The van der Waals surface area contributed by atoms with Crippen LogP contribution in [0.25, 0.3) is 0 Å². The van der Waals surface area contributed by atoms with E-state index in [0.29, 0.717) is 16.5 Å². The zero-order chi connectivity index (χ0) is 15.9. The molecule has 1 amide bonds. The minimum Gasteiger partial charge on any atom is -0.484 e. The second-order valence-electron chi connectivity index (χ2n) is 4.48. The molecule has 0 fully saturated rings. The van der Waals surface area contributed by atoms with Crippen LogP contribution in [0, 0.1) is 0 Å². The lowest BCUT2D eigenvalue weighted by Gasteiger charge is -2.06. The lowest BCUT2D eigenvalue weighted by Crippen LogP contribution is -2.25. The van der Waals surface area contributed by atoms with Gasteiger partial charge in [0.2, 0.25) is 0 Å². The first-order chi connectivity index (χ1) is 10.5. The molecule has 4 nitrogen and oxygen atoms in total. The van der Waals surface area contributed by atoms with Crippen LogP contribution in [0.1, 0.15) is 12.5 Å². The second kappa shape index (κ2) is 7.96. The molecule has 6 heteroatoms. The molecule has 2 aromatic carbocycles. The highest BCUT2D eigenvalue weighted by Crippen LogP contribution is 2.15. The molecule has 0 unspecified atom stereocenters. The number of benzene rings is 2. The predicted molar refractivity (Wildman–Crippen MR) is 91.4 cm³/mol. The van der Waals surface area contributed by atoms with Crippen molar-refractivity contribution in [3.05, 3.63) is 63.6 Å². The Morgan fingerprint density at radius 3 is 2.45 bits per heavy atom. The molecule has 0 atom stereocenters. The van der Waals surface area contributed by atoms with E-state index in [0.717, 1.165) is 10.0 Å². The van der Waals surface area contributed by atoms with E-state index in [9.17, 15) is 4.79 Å². The Labute approximate surface area is 142 Å². The van der Waals surface area contributed by atoms with Crippen molar-refractivity contribution in [3.63, 3.8) is 0 Å². The molecule has 0 aliphatic heterocycles. The van der Waals surface area contributed by atoms with E-state index in [1.807, 2.05) is 24.3 Å². The fourth-order valence-electron chi connectivity index (χ4n) is 1.61. The molecule has 114 valence electrons. The summed E-state index contributed by atoms with van der Waals surface area (Å²) in [4.78, 5) is 11.7. The molecule has 0 spiro atoms. The highest BCUT2D eigenvalue weighted by Gasteiger charge is 2.03. The number of carbonyl (C=O) groups excluding carboxylic acids is 1. The van der Waals surface area contributed by atoms with Gasteiger partial charge in [-0.15, -0.1) is 0 Å². The highest BCUT2D eigenvalue weighted by molar-refractivity contribution is 9.10. The second-order valence-corrected chi connectivity index (χ2v) is 5.83. The Balaban J connectivity index is 1.85. The Kier molecular flexibility index (Phi) is 5.98. The van der Waals surface area contributed by atoms with Crippen LogP contribution in [0.3, 0.4) is 0 Å². The van der Waals surface area contributed by atoms with Gasteiger partial charge in [0.05, 0.1) is 5.71 Å². The normalized spacial score (nSPS) is 11.1. The minimum absolute atomic E-state index is 0.0982. The third-order valence-electron chi connectivity index (χ3n) is 2.79. The van der Waals surface area contributed by atoms with Gasteiger partial charge >= 0.3 is 0 Å². The first kappa shape index (κ1) is 16.5. The minimum atomic E-state index is -0.323. The molecule has 2 aromatic rings. The predicted octanol–water partition coefficient (Wildman–Crippen LogP) is 4.02. The van der Waals surface area contributed by atoms with Crippen molar-refractivity contribution in [3.8, 4) is 5.75 Å². The van der Waals surface area contributed by atoms with Crippen molar-refractivity contribution < 1.29 is 9.53 Å². The van der Waals surface area contributed by atoms with Gasteiger partial charge in [0.1, 0.15) is 5.75 Å². The number of carbonyl (C=O) groups is 1. The van der Waals surface area contributed by atoms with Crippen LogP contribution in [0.4, 0.5) is 0 Å². The van der Waals surface area contributed by atoms with Gasteiger partial charge in [-0.1, -0.05) is 39.7 Å². The fourth-order valence-corrected chi connectivity index (χ4v) is 2.00. The van der Waals surface area contributed by atoms with Gasteiger partial charge in [-0.05, 0) is 48.9 Å². The maximum absolute atomic E-state index is 11.7. The number of ether oxygens (including phenoxy) is 1. The average Bonchev–Trinajstić information content (AvgIpc) is 2.52. The number of amides is 1. The SMILES string of the molecule is CC(=NNC(=O)COc1ccc(Br)cc1)c1ccc(Cl)cc1. The lowest BCUT2D eigenvalue weighted by atomic mass is 10.1. The van der Waals surface area contributed by atoms with Crippen molar-refractivity contribution >= 4 is 39.1 Å². The lowest BCUT2D eigenvalue weighted by molar-refractivity contribution is -0.123. The molecule has 0 saturated carbocycles. The molecule has 0 saturated heterocycles. The summed E-state index contributed by atoms with van der Waals surface area (Å²) in [5.74, 6) is 0.299. The number of halogens is 2. The van der Waals surface area contributed by atoms with Crippen molar-refractivity contribution in [1.29, 1.82) is 0 Å². The van der Waals surface area contributed by atoms with Crippen molar-refractivity contribution in [2.45, 2.75) is 6.92 Å². The first-order valence-corrected chi connectivity index (χ1v) is 7.69. The first-order valence-electron chi connectivity index (χ1n) is 6.52. The van der Waals surface area contributed by atoms with Crippen LogP contribution < -0.4 is 10.2 Å². The maximum Gasteiger partial charge on any atom is 0.277 e. The number of hydrogen-bond donors (Lipinski definition) is 1. The highest BCUT2D eigenvalue weighted by atomic mass is 79.9. The molecule has 2 rings (SSSR count). The van der Waals surface area contributed by atoms with Crippen molar-refractivity contribution in [1.82, 2.24) is 5.43 Å². The number of hydrazone groups is 1. The van der Waals surface area contributed by atoms with Gasteiger partial charge in [0.25, 0.3) is 5.91 Å². The van der Waals surface area contributed by atoms with Crippen LogP contribution in [-0.4, -0.2) is 18.2 Å². The van der Waals surface area contributed by atoms with Gasteiger partial charge in [-0.3, -0.25) is 4.79 Å². The zero-order valence-electron chi connectivity index (χ0n) is 11.8. The molecule has 0 aliphatic rings. The summed E-state index contributed by atoms with van der Waals surface area (Å²) in [5.41, 5.74) is 4.04. The molecule has 0 bridgehead atoms. The molecule has 0 heterocycles. The molecule has 0 aliphatic carbocycles. The zero-order valence-corrected chi connectivity index (χ0v) is 14.2. The number of nitrogens with zero attached hydrogens (tertiary/aromatic N) is 1. The molecule has 0 aromatic heterocycles. The van der Waals surface area contributed by atoms with E-state index in [-0.39, 0.29) is 12.5 Å². The fraction of sp³-hybridized carbons (Fsp3) is 0.125. The standard InChI is InChI=1S/C16H14BrClN2O2/c1-11(12-2-6-14(18)7-3-12)19-20-16(21)10-22-15-8-4-13(17)5-9-15/h2-9H,10H2,1H3,(H,20,21). The molecule has 0 radical (unpaired) electrons. The molecule has 22 heavy (non-hydrogen) atoms. The van der Waals surface area contributed by atoms with Gasteiger partial charge in [0.15, 0.2) is 6.61 Å². The molecular formula is C16H14BrClN2O2. The largest absolute Gasteiger partial charge is 0.484 e. The Morgan fingerprint density at radius 2 is 1.82 bits per heavy atom. The molecule has 1 N–H and O–H groups in total. The van der Waals surface area contributed by atoms with Gasteiger partial charge in [-0.2, -0.15) is 5.10 Å². The van der Waals surface area contributed by atoms with E-state index < -0.39 is 0 Å². The quantitative estimate of drug-likeness (QED) is 0.628. The summed E-state index contributed by atoms with van der Waals surface area (Å²) in [5, 5.41) is 4.69. The van der Waals surface area contributed by atoms with E-state index in [2.05, 4.69) is 26.5 Å². The van der Waals surface area contributed by atoms with Gasteiger partial charge < -0.3 is 4.74 Å². The van der Waals surface area contributed by atoms with Gasteiger partial charge in [0, 0.05) is 9.50 Å². The number of rotatable bonds is 5. The summed E-state index contributed by atoms with van der Waals surface area (Å²) >= 11 is 9.16. The Hall–Kier alpha value is -1.85. The van der Waals surface area contributed by atoms with Crippen LogP contribution in [0.2, 0.25) is 5.02 Å². The van der Waals surface area contributed by atoms with Crippen LogP contribution in [0.15, 0.2) is 58.1 Å².